The van der Waals surface area contributed by atoms with Crippen molar-refractivity contribution < 1.29 is 23.9 Å². The van der Waals surface area contributed by atoms with Gasteiger partial charge in [-0.05, 0) is 24.3 Å². The van der Waals surface area contributed by atoms with E-state index in [9.17, 15) is 14.4 Å². The Kier molecular flexibility index (Phi) is 6.48. The standard InChI is InChI=1S/C13H13ClN2O5/c1-20-11(18)7-10(17)12(13(19)21-2)16-15-9-5-3-8(14)4-6-9/h3-6,12H,7H2,1-2H3. The summed E-state index contributed by atoms with van der Waals surface area (Å²) < 4.78 is 8.83. The van der Waals surface area contributed by atoms with E-state index in [2.05, 4.69) is 19.7 Å². The van der Waals surface area contributed by atoms with Crippen LogP contribution in [0.2, 0.25) is 5.02 Å². The van der Waals surface area contributed by atoms with Gasteiger partial charge >= 0.3 is 11.9 Å². The molecule has 0 aliphatic carbocycles. The van der Waals surface area contributed by atoms with E-state index >= 15 is 0 Å². The van der Waals surface area contributed by atoms with Crippen LogP contribution in [0.25, 0.3) is 0 Å². The molecule has 0 aromatic heterocycles. The summed E-state index contributed by atoms with van der Waals surface area (Å²) in [5.41, 5.74) is 0.402. The van der Waals surface area contributed by atoms with Crippen LogP contribution in [0.4, 0.5) is 5.69 Å². The molecule has 1 rings (SSSR count). The van der Waals surface area contributed by atoms with Gasteiger partial charge in [0, 0.05) is 5.02 Å². The molecule has 0 spiro atoms. The number of benzene rings is 1. The minimum Gasteiger partial charge on any atom is -0.469 e. The zero-order chi connectivity index (χ0) is 15.8. The number of halogens is 1. The highest BCUT2D eigenvalue weighted by Crippen LogP contribution is 2.17. The second-order valence-corrected chi connectivity index (χ2v) is 4.27. The van der Waals surface area contributed by atoms with Gasteiger partial charge in [0.25, 0.3) is 0 Å². The van der Waals surface area contributed by atoms with Gasteiger partial charge in [-0.2, -0.15) is 10.2 Å². The molecule has 112 valence electrons. The minimum atomic E-state index is -1.51. The van der Waals surface area contributed by atoms with Gasteiger partial charge in [0.2, 0.25) is 6.04 Å². The molecular weight excluding hydrogens is 300 g/mol. The van der Waals surface area contributed by atoms with Gasteiger partial charge in [0.15, 0.2) is 5.78 Å². The molecule has 0 amide bonds. The van der Waals surface area contributed by atoms with E-state index in [4.69, 9.17) is 11.6 Å². The molecule has 1 unspecified atom stereocenters. The van der Waals surface area contributed by atoms with Gasteiger partial charge < -0.3 is 9.47 Å². The predicted octanol–water partition coefficient (Wildman–Crippen LogP) is 2.10. The highest BCUT2D eigenvalue weighted by Gasteiger charge is 2.29. The first-order chi connectivity index (χ1) is 9.97. The van der Waals surface area contributed by atoms with Crippen LogP contribution >= 0.6 is 11.6 Å². The highest BCUT2D eigenvalue weighted by molar-refractivity contribution is 6.30. The predicted molar refractivity (Wildman–Crippen MR) is 73.4 cm³/mol. The molecule has 8 heteroatoms. The molecule has 0 N–H and O–H groups in total. The van der Waals surface area contributed by atoms with Crippen molar-refractivity contribution in [1.29, 1.82) is 0 Å². The van der Waals surface area contributed by atoms with Crippen LogP contribution in [0.15, 0.2) is 34.5 Å². The summed E-state index contributed by atoms with van der Waals surface area (Å²) >= 11 is 5.72. The number of nitrogens with zero attached hydrogens (tertiary/aromatic N) is 2. The lowest BCUT2D eigenvalue weighted by atomic mass is 10.1. The van der Waals surface area contributed by atoms with Crippen molar-refractivity contribution in [2.24, 2.45) is 10.2 Å². The fourth-order valence-electron chi connectivity index (χ4n) is 1.30. The molecule has 1 aromatic carbocycles. The van der Waals surface area contributed by atoms with Gasteiger partial charge in [-0.25, -0.2) is 4.79 Å². The molecule has 0 radical (unpaired) electrons. The van der Waals surface area contributed by atoms with Crippen LogP contribution < -0.4 is 0 Å². The Labute approximate surface area is 125 Å². The molecule has 0 aliphatic heterocycles. The van der Waals surface area contributed by atoms with Gasteiger partial charge in [-0.1, -0.05) is 11.6 Å². The van der Waals surface area contributed by atoms with Gasteiger partial charge in [0.05, 0.1) is 19.9 Å². The fourth-order valence-corrected chi connectivity index (χ4v) is 1.42. The normalized spacial score (nSPS) is 12.0. The van der Waals surface area contributed by atoms with Crippen molar-refractivity contribution in [1.82, 2.24) is 0 Å². The van der Waals surface area contributed by atoms with Crippen molar-refractivity contribution in [2.75, 3.05) is 14.2 Å². The first-order valence-electron chi connectivity index (χ1n) is 5.81. The van der Waals surface area contributed by atoms with E-state index in [0.29, 0.717) is 10.7 Å². The van der Waals surface area contributed by atoms with Crippen LogP contribution in [0.1, 0.15) is 6.42 Å². The van der Waals surface area contributed by atoms with E-state index in [-0.39, 0.29) is 0 Å². The lowest BCUT2D eigenvalue weighted by Gasteiger charge is -2.07. The van der Waals surface area contributed by atoms with Gasteiger partial charge in [-0.3, -0.25) is 9.59 Å². The van der Waals surface area contributed by atoms with Gasteiger partial charge in [0.1, 0.15) is 6.42 Å². The average Bonchev–Trinajstić information content (AvgIpc) is 2.48. The Morgan fingerprint density at radius 1 is 1.14 bits per heavy atom. The summed E-state index contributed by atoms with van der Waals surface area (Å²) in [7, 11) is 2.25. The highest BCUT2D eigenvalue weighted by atomic mass is 35.5. The maximum Gasteiger partial charge on any atom is 0.340 e. The van der Waals surface area contributed by atoms with Crippen molar-refractivity contribution >= 4 is 35.0 Å². The Morgan fingerprint density at radius 3 is 2.29 bits per heavy atom. The number of carbonyl (C=O) groups excluding carboxylic acids is 3. The van der Waals surface area contributed by atoms with Crippen LogP contribution in [-0.4, -0.2) is 38.0 Å². The number of Topliss-reactive ketones (excluding diaryl/α,β-unsaturated/α-hetero) is 1. The number of ether oxygens (including phenoxy) is 2. The Morgan fingerprint density at radius 2 is 1.76 bits per heavy atom. The number of hydrogen-bond acceptors (Lipinski definition) is 7. The SMILES string of the molecule is COC(=O)CC(=O)C(N=Nc1ccc(Cl)cc1)C(=O)OC. The summed E-state index contributed by atoms with van der Waals surface area (Å²) in [6.07, 6.45) is -0.587. The molecule has 0 saturated carbocycles. The molecular formula is C13H13ClN2O5. The number of rotatable bonds is 6. The third kappa shape index (κ3) is 5.31. The van der Waals surface area contributed by atoms with Crippen LogP contribution in [0.5, 0.6) is 0 Å². The quantitative estimate of drug-likeness (QED) is 0.455. The first-order valence-corrected chi connectivity index (χ1v) is 6.19. The number of azo groups is 1. The van der Waals surface area contributed by atoms with Crippen LogP contribution in [0.3, 0.4) is 0 Å². The van der Waals surface area contributed by atoms with Crippen LogP contribution in [0, 0.1) is 0 Å². The van der Waals surface area contributed by atoms with E-state index in [1.165, 1.54) is 0 Å². The number of ketones is 1. The van der Waals surface area contributed by atoms with Crippen LogP contribution in [-0.2, 0) is 23.9 Å². The molecule has 21 heavy (non-hydrogen) atoms. The molecule has 0 heterocycles. The lowest BCUT2D eigenvalue weighted by Crippen LogP contribution is -2.31. The van der Waals surface area contributed by atoms with Gasteiger partial charge in [-0.15, -0.1) is 0 Å². The fraction of sp³-hybridized carbons (Fsp3) is 0.308. The summed E-state index contributed by atoms with van der Waals surface area (Å²) in [5, 5.41) is 7.91. The van der Waals surface area contributed by atoms with Crippen molar-refractivity contribution in [3.8, 4) is 0 Å². The number of hydrogen-bond donors (Lipinski definition) is 0. The molecule has 0 saturated heterocycles. The molecule has 0 aliphatic rings. The molecule has 0 fully saturated rings. The molecule has 1 atom stereocenters. The van der Waals surface area contributed by atoms with Crippen molar-refractivity contribution in [3.63, 3.8) is 0 Å². The third-order valence-electron chi connectivity index (χ3n) is 2.39. The number of esters is 2. The summed E-state index contributed by atoms with van der Waals surface area (Å²) in [5.74, 6) is -2.43. The van der Waals surface area contributed by atoms with E-state index in [1.54, 1.807) is 24.3 Å². The lowest BCUT2D eigenvalue weighted by molar-refractivity contribution is -0.148. The molecule has 1 aromatic rings. The second kappa shape index (κ2) is 8.11. The molecule has 7 nitrogen and oxygen atoms in total. The topological polar surface area (TPSA) is 94.4 Å². The maximum absolute atomic E-state index is 11.8. The largest absolute Gasteiger partial charge is 0.469 e. The van der Waals surface area contributed by atoms with E-state index < -0.39 is 30.2 Å². The van der Waals surface area contributed by atoms with E-state index in [0.717, 1.165) is 14.2 Å². The Hall–Kier alpha value is -2.28. The van der Waals surface area contributed by atoms with Crippen molar-refractivity contribution in [2.45, 2.75) is 12.5 Å². The summed E-state index contributed by atoms with van der Waals surface area (Å²) in [4.78, 5) is 34.4. The second-order valence-electron chi connectivity index (χ2n) is 3.84. The first kappa shape index (κ1) is 16.8. The Bertz CT molecular complexity index is 556. The summed E-state index contributed by atoms with van der Waals surface area (Å²) in [6.45, 7) is 0. The van der Waals surface area contributed by atoms with E-state index in [1.807, 2.05) is 0 Å². The van der Waals surface area contributed by atoms with Crippen molar-refractivity contribution in [3.05, 3.63) is 29.3 Å². The third-order valence-corrected chi connectivity index (χ3v) is 2.64. The monoisotopic (exact) mass is 312 g/mol. The number of carbonyl (C=O) groups is 3. The zero-order valence-electron chi connectivity index (χ0n) is 11.4. The minimum absolute atomic E-state index is 0.402. The zero-order valence-corrected chi connectivity index (χ0v) is 12.2. The maximum atomic E-state index is 11.8. The smallest absolute Gasteiger partial charge is 0.340 e. The summed E-state index contributed by atoms with van der Waals surface area (Å²) in [6, 6.07) is 4.78. The Balaban J connectivity index is 2.87. The molecule has 0 bridgehead atoms. The number of methoxy groups -OCH3 is 2. The average molecular weight is 313 g/mol.